The number of nitrogens with zero attached hydrogens (tertiary/aromatic N) is 6. The molecular formula is C29H29ClF4N8. The fraction of sp³-hybridized carbons (Fsp3) is 0.414. The molecule has 3 aromatic heterocycles. The number of hydrogen-bond acceptors (Lipinski definition) is 7. The zero-order valence-electron chi connectivity index (χ0n) is 23.6. The molecule has 4 aromatic rings. The van der Waals surface area contributed by atoms with Crippen molar-refractivity contribution in [3.05, 3.63) is 70.1 Å². The van der Waals surface area contributed by atoms with Crippen LogP contribution in [-0.4, -0.2) is 37.2 Å². The van der Waals surface area contributed by atoms with E-state index >= 15 is 0 Å². The number of benzene rings is 1. The Labute approximate surface area is 245 Å². The monoisotopic (exact) mass is 600 g/mol. The number of alkyl halides is 3. The summed E-state index contributed by atoms with van der Waals surface area (Å²) in [5.74, 6) is -0.694. The van der Waals surface area contributed by atoms with Crippen LogP contribution >= 0.6 is 11.6 Å². The van der Waals surface area contributed by atoms with E-state index in [9.17, 15) is 22.8 Å². The zero-order chi connectivity index (χ0) is 30.6. The molecule has 3 heterocycles. The summed E-state index contributed by atoms with van der Waals surface area (Å²) < 4.78 is 56.2. The first-order valence-corrected chi connectivity index (χ1v) is 13.7. The highest BCUT2D eigenvalue weighted by Gasteiger charge is 2.66. The van der Waals surface area contributed by atoms with Gasteiger partial charge in [-0.2, -0.15) is 22.8 Å². The Morgan fingerprint density at radius 2 is 1.86 bits per heavy atom. The van der Waals surface area contributed by atoms with Gasteiger partial charge in [-0.3, -0.25) is 4.98 Å². The first kappa shape index (κ1) is 29.5. The van der Waals surface area contributed by atoms with Crippen molar-refractivity contribution in [1.29, 1.82) is 5.26 Å². The summed E-state index contributed by atoms with van der Waals surface area (Å²) in [6.07, 6.45) is -1.95. The molecule has 1 aliphatic carbocycles. The van der Waals surface area contributed by atoms with Gasteiger partial charge in [-0.15, -0.1) is 5.10 Å². The second-order valence-electron chi connectivity index (χ2n) is 11.7. The second kappa shape index (κ2) is 10.4. The highest BCUT2D eigenvalue weighted by Crippen LogP contribution is 2.55. The summed E-state index contributed by atoms with van der Waals surface area (Å²) in [5.41, 5.74) is 0.577. The lowest BCUT2D eigenvalue weighted by Gasteiger charge is -2.30. The van der Waals surface area contributed by atoms with Crippen molar-refractivity contribution in [3.8, 4) is 6.07 Å². The molecule has 42 heavy (non-hydrogen) atoms. The van der Waals surface area contributed by atoms with Gasteiger partial charge in [0, 0.05) is 34.6 Å². The topological polar surface area (TPSA) is 104 Å². The van der Waals surface area contributed by atoms with Gasteiger partial charge in [-0.25, -0.2) is 9.67 Å². The number of aromatic nitrogens is 5. The molecule has 13 heteroatoms. The number of aryl methyl sites for hydroxylation is 1. The molecule has 1 saturated carbocycles. The maximum atomic E-state index is 13.9. The molecular weight excluding hydrogens is 572 g/mol. The zero-order valence-corrected chi connectivity index (χ0v) is 24.4. The molecule has 2 atom stereocenters. The van der Waals surface area contributed by atoms with E-state index in [4.69, 9.17) is 11.6 Å². The molecule has 1 aliphatic rings. The van der Waals surface area contributed by atoms with Gasteiger partial charge < -0.3 is 10.6 Å². The SMILES string of the molecule is Cc1nc(F)ccc1[C@H](Nc1cc(Cl)c2ncc(C#N)c(NC(C)C(C)(C)C)c2c1)c1cn(C2(C(F)(F)F)CC2)nn1. The molecule has 1 aromatic carbocycles. The van der Waals surface area contributed by atoms with Gasteiger partial charge in [-0.05, 0) is 50.3 Å². The average molecular weight is 601 g/mol. The third-order valence-electron chi connectivity index (χ3n) is 7.92. The van der Waals surface area contributed by atoms with Crippen LogP contribution in [0.15, 0.2) is 36.7 Å². The largest absolute Gasteiger partial charge is 0.413 e. The quantitative estimate of drug-likeness (QED) is 0.169. The van der Waals surface area contributed by atoms with E-state index in [1.165, 1.54) is 24.5 Å². The van der Waals surface area contributed by atoms with Crippen LogP contribution in [0, 0.1) is 29.6 Å². The molecule has 0 amide bonds. The van der Waals surface area contributed by atoms with Gasteiger partial charge in [0.05, 0.1) is 34.0 Å². The van der Waals surface area contributed by atoms with Gasteiger partial charge in [0.2, 0.25) is 5.95 Å². The lowest BCUT2D eigenvalue weighted by Crippen LogP contribution is -2.35. The summed E-state index contributed by atoms with van der Waals surface area (Å²) >= 11 is 6.67. The molecule has 0 saturated heterocycles. The summed E-state index contributed by atoms with van der Waals surface area (Å²) in [6, 6.07) is 7.34. The fourth-order valence-corrected chi connectivity index (χ4v) is 4.99. The predicted octanol–water partition coefficient (Wildman–Crippen LogP) is 7.29. The predicted molar refractivity (Wildman–Crippen MR) is 152 cm³/mol. The Bertz CT molecular complexity index is 1700. The number of fused-ring (bicyclic) bond motifs is 1. The Morgan fingerprint density at radius 3 is 2.45 bits per heavy atom. The molecule has 1 unspecified atom stereocenters. The number of pyridine rings is 2. The average Bonchev–Trinajstić information content (AvgIpc) is 3.59. The summed E-state index contributed by atoms with van der Waals surface area (Å²) in [4.78, 5) is 8.30. The first-order valence-electron chi connectivity index (χ1n) is 13.3. The van der Waals surface area contributed by atoms with Crippen molar-refractivity contribution < 1.29 is 17.6 Å². The van der Waals surface area contributed by atoms with Crippen LogP contribution in [0.2, 0.25) is 5.02 Å². The number of halogens is 5. The Kier molecular flexibility index (Phi) is 7.29. The van der Waals surface area contributed by atoms with Crippen molar-refractivity contribution in [3.63, 3.8) is 0 Å². The Morgan fingerprint density at radius 1 is 1.14 bits per heavy atom. The van der Waals surface area contributed by atoms with Gasteiger partial charge in [0.25, 0.3) is 0 Å². The smallest absolute Gasteiger partial charge is 0.380 e. The lowest BCUT2D eigenvalue weighted by molar-refractivity contribution is -0.182. The van der Waals surface area contributed by atoms with Gasteiger partial charge in [0.1, 0.15) is 11.8 Å². The highest BCUT2D eigenvalue weighted by molar-refractivity contribution is 6.35. The molecule has 0 spiro atoms. The normalized spacial score (nSPS) is 16.1. The summed E-state index contributed by atoms with van der Waals surface area (Å²) in [7, 11) is 0. The maximum absolute atomic E-state index is 13.9. The van der Waals surface area contributed by atoms with Crippen LogP contribution in [0.5, 0.6) is 0 Å². The van der Waals surface area contributed by atoms with Crippen LogP contribution in [-0.2, 0) is 5.54 Å². The molecule has 0 radical (unpaired) electrons. The first-order chi connectivity index (χ1) is 19.6. The van der Waals surface area contributed by atoms with Gasteiger partial charge >= 0.3 is 6.18 Å². The molecule has 2 N–H and O–H groups in total. The molecule has 220 valence electrons. The van der Waals surface area contributed by atoms with E-state index < -0.39 is 23.7 Å². The number of rotatable bonds is 7. The lowest BCUT2D eigenvalue weighted by atomic mass is 9.87. The van der Waals surface area contributed by atoms with Crippen molar-refractivity contribution in [2.24, 2.45) is 5.41 Å². The van der Waals surface area contributed by atoms with E-state index in [2.05, 4.69) is 57.8 Å². The highest BCUT2D eigenvalue weighted by atomic mass is 35.5. The van der Waals surface area contributed by atoms with Crippen LogP contribution in [0.4, 0.5) is 28.9 Å². The van der Waals surface area contributed by atoms with E-state index in [1.54, 1.807) is 19.1 Å². The molecule has 1 fully saturated rings. The number of nitriles is 1. The van der Waals surface area contributed by atoms with E-state index in [0.717, 1.165) is 4.68 Å². The summed E-state index contributed by atoms with van der Waals surface area (Å²) in [5, 5.41) is 25.4. The third kappa shape index (κ3) is 5.33. The minimum absolute atomic E-state index is 0.0373. The molecule has 8 nitrogen and oxygen atoms in total. The second-order valence-corrected chi connectivity index (χ2v) is 12.2. The number of hydrogen-bond donors (Lipinski definition) is 2. The number of nitrogens with one attached hydrogen (secondary N) is 2. The fourth-order valence-electron chi connectivity index (χ4n) is 4.72. The number of anilines is 2. The van der Waals surface area contributed by atoms with E-state index in [1.807, 2.05) is 6.92 Å². The Balaban J connectivity index is 1.62. The minimum Gasteiger partial charge on any atom is -0.380 e. The molecule has 5 rings (SSSR count). The van der Waals surface area contributed by atoms with Gasteiger partial charge in [-0.1, -0.05) is 43.7 Å². The van der Waals surface area contributed by atoms with Crippen molar-refractivity contribution >= 4 is 33.9 Å². The van der Waals surface area contributed by atoms with Crippen LogP contribution in [0.25, 0.3) is 10.9 Å². The summed E-state index contributed by atoms with van der Waals surface area (Å²) in [6.45, 7) is 9.82. The molecule has 0 bridgehead atoms. The van der Waals surface area contributed by atoms with Gasteiger partial charge in [0.15, 0.2) is 5.54 Å². The third-order valence-corrected chi connectivity index (χ3v) is 8.20. The Hall–Kier alpha value is -3.98. The van der Waals surface area contributed by atoms with Crippen LogP contribution in [0.1, 0.15) is 69.1 Å². The van der Waals surface area contributed by atoms with Crippen LogP contribution < -0.4 is 10.6 Å². The molecule has 0 aliphatic heterocycles. The van der Waals surface area contributed by atoms with Crippen molar-refractivity contribution in [2.75, 3.05) is 10.6 Å². The maximum Gasteiger partial charge on any atom is 0.413 e. The van der Waals surface area contributed by atoms with E-state index in [-0.39, 0.29) is 35.0 Å². The van der Waals surface area contributed by atoms with Crippen molar-refractivity contribution in [2.45, 2.75) is 71.3 Å². The standard InChI is InChI=1S/C29H29ClF4N8/c1-15-19(6-7-23(31)37-15)26(22-14-42(41-40-22)28(8-9-28)29(32,33)34)39-18-10-20-24(38-16(2)27(3,4)5)17(12-35)13-36-25(20)21(30)11-18/h6-7,10-11,13-14,16,26,39H,8-9H2,1-5H3,(H,36,38)/t16?,26-/m0/s1. The van der Waals surface area contributed by atoms with E-state index in [0.29, 0.717) is 39.1 Å². The van der Waals surface area contributed by atoms with Crippen LogP contribution in [0.3, 0.4) is 0 Å². The van der Waals surface area contributed by atoms with Crippen molar-refractivity contribution in [1.82, 2.24) is 25.0 Å². The minimum atomic E-state index is -4.49.